The predicted molar refractivity (Wildman–Crippen MR) is 80.4 cm³/mol. The third-order valence-electron chi connectivity index (χ3n) is 3.75. The highest BCUT2D eigenvalue weighted by Gasteiger charge is 2.27. The number of fused-ring (bicyclic) bond motifs is 1. The van der Waals surface area contributed by atoms with E-state index < -0.39 is 0 Å². The van der Waals surface area contributed by atoms with Crippen LogP contribution in [0.1, 0.15) is 57.3 Å². The van der Waals surface area contributed by atoms with Gasteiger partial charge in [0.2, 0.25) is 0 Å². The van der Waals surface area contributed by atoms with Crippen molar-refractivity contribution in [1.29, 1.82) is 0 Å². The Labute approximate surface area is 117 Å². The van der Waals surface area contributed by atoms with Crippen LogP contribution < -0.4 is 5.32 Å². The number of nitrogens with one attached hydrogen (secondary N) is 1. The molecule has 0 heterocycles. The maximum atomic E-state index is 6.39. The predicted octanol–water partition coefficient (Wildman–Crippen LogP) is 3.86. The molecule has 1 unspecified atom stereocenters. The highest BCUT2D eigenvalue weighted by molar-refractivity contribution is 5.31. The lowest BCUT2D eigenvalue weighted by atomic mass is 9.89. The van der Waals surface area contributed by atoms with E-state index in [1.165, 1.54) is 30.4 Å². The van der Waals surface area contributed by atoms with Crippen molar-refractivity contribution in [3.8, 4) is 0 Å². The Balaban J connectivity index is 1.99. The van der Waals surface area contributed by atoms with Crippen LogP contribution in [0.2, 0.25) is 0 Å². The standard InChI is InChI=1S/C17H27NO/c1-4-12-18-13-17(2,3)19-16-11-7-9-14-8-5-6-10-15(14)16/h5-6,8,10,16,18H,4,7,9,11-13H2,1-3H3. The molecule has 2 heteroatoms. The van der Waals surface area contributed by atoms with Gasteiger partial charge in [0, 0.05) is 6.54 Å². The summed E-state index contributed by atoms with van der Waals surface area (Å²) in [6, 6.07) is 8.74. The summed E-state index contributed by atoms with van der Waals surface area (Å²) in [6.07, 6.45) is 5.02. The number of hydrogen-bond acceptors (Lipinski definition) is 2. The number of ether oxygens (including phenoxy) is 1. The monoisotopic (exact) mass is 261 g/mol. The van der Waals surface area contributed by atoms with Crippen molar-refractivity contribution >= 4 is 0 Å². The average Bonchev–Trinajstić information content (AvgIpc) is 2.39. The fourth-order valence-corrected chi connectivity index (χ4v) is 2.82. The first-order valence-electron chi connectivity index (χ1n) is 7.59. The van der Waals surface area contributed by atoms with E-state index in [4.69, 9.17) is 4.74 Å². The van der Waals surface area contributed by atoms with E-state index in [0.29, 0.717) is 0 Å². The van der Waals surface area contributed by atoms with E-state index >= 15 is 0 Å². The van der Waals surface area contributed by atoms with Crippen molar-refractivity contribution in [2.45, 2.75) is 58.2 Å². The van der Waals surface area contributed by atoms with E-state index in [9.17, 15) is 0 Å². The Kier molecular flexibility index (Phi) is 5.00. The lowest BCUT2D eigenvalue weighted by Crippen LogP contribution is -2.39. The highest BCUT2D eigenvalue weighted by Crippen LogP contribution is 2.35. The van der Waals surface area contributed by atoms with Crippen molar-refractivity contribution in [2.24, 2.45) is 0 Å². The minimum Gasteiger partial charge on any atom is -0.366 e. The zero-order valence-electron chi connectivity index (χ0n) is 12.5. The minimum absolute atomic E-state index is 0.107. The normalized spacial score (nSPS) is 19.2. The van der Waals surface area contributed by atoms with Gasteiger partial charge in [-0.05, 0) is 57.2 Å². The van der Waals surface area contributed by atoms with Gasteiger partial charge in [0.05, 0.1) is 11.7 Å². The second kappa shape index (κ2) is 6.53. The van der Waals surface area contributed by atoms with Crippen LogP contribution in [0.4, 0.5) is 0 Å². The molecule has 0 amide bonds. The van der Waals surface area contributed by atoms with Crippen molar-refractivity contribution < 1.29 is 4.74 Å². The third kappa shape index (κ3) is 4.05. The van der Waals surface area contributed by atoms with Crippen molar-refractivity contribution in [3.05, 3.63) is 35.4 Å². The van der Waals surface area contributed by atoms with Gasteiger partial charge in [0.25, 0.3) is 0 Å². The van der Waals surface area contributed by atoms with Crippen molar-refractivity contribution in [2.75, 3.05) is 13.1 Å². The van der Waals surface area contributed by atoms with E-state index in [-0.39, 0.29) is 11.7 Å². The molecule has 0 saturated heterocycles. The molecule has 1 aliphatic rings. The minimum atomic E-state index is -0.107. The molecule has 1 aliphatic carbocycles. The van der Waals surface area contributed by atoms with Crippen LogP contribution in [0.25, 0.3) is 0 Å². The number of aryl methyl sites for hydroxylation is 1. The summed E-state index contributed by atoms with van der Waals surface area (Å²) in [5.74, 6) is 0. The summed E-state index contributed by atoms with van der Waals surface area (Å²) in [5.41, 5.74) is 2.76. The number of hydrogen-bond donors (Lipinski definition) is 1. The second-order valence-corrected chi connectivity index (χ2v) is 6.13. The second-order valence-electron chi connectivity index (χ2n) is 6.13. The summed E-state index contributed by atoms with van der Waals surface area (Å²) < 4.78 is 6.39. The van der Waals surface area contributed by atoms with E-state index in [1.54, 1.807) is 0 Å². The van der Waals surface area contributed by atoms with Gasteiger partial charge >= 0.3 is 0 Å². The lowest BCUT2D eigenvalue weighted by Gasteiger charge is -2.34. The molecule has 1 aromatic rings. The van der Waals surface area contributed by atoms with Crippen LogP contribution in [-0.2, 0) is 11.2 Å². The molecule has 2 nitrogen and oxygen atoms in total. The molecule has 0 fully saturated rings. The highest BCUT2D eigenvalue weighted by atomic mass is 16.5. The van der Waals surface area contributed by atoms with Gasteiger partial charge in [0.1, 0.15) is 0 Å². The smallest absolute Gasteiger partial charge is 0.0835 e. The molecule has 0 radical (unpaired) electrons. The van der Waals surface area contributed by atoms with Crippen LogP contribution in [0, 0.1) is 0 Å². The third-order valence-corrected chi connectivity index (χ3v) is 3.75. The first-order chi connectivity index (χ1) is 9.12. The van der Waals surface area contributed by atoms with Gasteiger partial charge in [-0.15, -0.1) is 0 Å². The zero-order valence-corrected chi connectivity index (χ0v) is 12.5. The van der Waals surface area contributed by atoms with Gasteiger partial charge in [-0.3, -0.25) is 0 Å². The Hall–Kier alpha value is -0.860. The summed E-state index contributed by atoms with van der Waals surface area (Å²) in [7, 11) is 0. The largest absolute Gasteiger partial charge is 0.366 e. The van der Waals surface area contributed by atoms with Gasteiger partial charge in [-0.25, -0.2) is 0 Å². The quantitative estimate of drug-likeness (QED) is 0.785. The molecule has 106 valence electrons. The molecule has 0 saturated carbocycles. The Bertz CT molecular complexity index is 400. The topological polar surface area (TPSA) is 21.3 Å². The fraction of sp³-hybridized carbons (Fsp3) is 0.647. The molecule has 19 heavy (non-hydrogen) atoms. The lowest BCUT2D eigenvalue weighted by molar-refractivity contribution is -0.0781. The van der Waals surface area contributed by atoms with Crippen LogP contribution >= 0.6 is 0 Å². The molecule has 1 N–H and O–H groups in total. The first-order valence-corrected chi connectivity index (χ1v) is 7.59. The van der Waals surface area contributed by atoms with Gasteiger partial charge in [0.15, 0.2) is 0 Å². The Morgan fingerprint density at radius 1 is 1.32 bits per heavy atom. The molecule has 0 aliphatic heterocycles. The van der Waals surface area contributed by atoms with E-state index in [2.05, 4.69) is 50.4 Å². The van der Waals surface area contributed by atoms with Crippen LogP contribution in [-0.4, -0.2) is 18.7 Å². The molecule has 0 bridgehead atoms. The fourth-order valence-electron chi connectivity index (χ4n) is 2.82. The van der Waals surface area contributed by atoms with Gasteiger partial charge in [-0.2, -0.15) is 0 Å². The van der Waals surface area contributed by atoms with Gasteiger partial charge in [-0.1, -0.05) is 31.2 Å². The molecule has 1 aromatic carbocycles. The summed E-state index contributed by atoms with van der Waals surface area (Å²) in [4.78, 5) is 0. The van der Waals surface area contributed by atoms with Crippen LogP contribution in [0.15, 0.2) is 24.3 Å². The molecule has 0 aromatic heterocycles. The number of benzene rings is 1. The van der Waals surface area contributed by atoms with E-state index in [0.717, 1.165) is 19.5 Å². The summed E-state index contributed by atoms with van der Waals surface area (Å²) >= 11 is 0. The first kappa shape index (κ1) is 14.5. The van der Waals surface area contributed by atoms with Crippen LogP contribution in [0.3, 0.4) is 0 Å². The molecule has 0 spiro atoms. The number of rotatable bonds is 6. The van der Waals surface area contributed by atoms with Gasteiger partial charge < -0.3 is 10.1 Å². The average molecular weight is 261 g/mol. The van der Waals surface area contributed by atoms with Crippen molar-refractivity contribution in [3.63, 3.8) is 0 Å². The molecular formula is C17H27NO. The maximum absolute atomic E-state index is 6.39. The zero-order chi connectivity index (χ0) is 13.7. The van der Waals surface area contributed by atoms with Crippen LogP contribution in [0.5, 0.6) is 0 Å². The molecule has 1 atom stereocenters. The summed E-state index contributed by atoms with van der Waals surface area (Å²) in [5, 5.41) is 3.46. The molecule has 2 rings (SSSR count). The maximum Gasteiger partial charge on any atom is 0.0835 e. The molecular weight excluding hydrogens is 234 g/mol. The Morgan fingerprint density at radius 3 is 2.89 bits per heavy atom. The van der Waals surface area contributed by atoms with E-state index in [1.807, 2.05) is 0 Å². The summed E-state index contributed by atoms with van der Waals surface area (Å²) in [6.45, 7) is 8.55. The SMILES string of the molecule is CCCNCC(C)(C)OC1CCCc2ccccc21. The Morgan fingerprint density at radius 2 is 2.11 bits per heavy atom. The van der Waals surface area contributed by atoms with Crippen molar-refractivity contribution in [1.82, 2.24) is 5.32 Å².